The molecule has 2 aromatic heterocycles. The molecule has 3 rings (SSSR count). The largest absolute Gasteiger partial charge is 0.350 e. The van der Waals surface area contributed by atoms with Crippen LogP contribution in [0.25, 0.3) is 0 Å². The molecule has 1 saturated heterocycles. The topological polar surface area (TPSA) is 88.0 Å². The van der Waals surface area contributed by atoms with Crippen molar-refractivity contribution in [3.8, 4) is 0 Å². The Kier molecular flexibility index (Phi) is 6.48. The molecule has 9 heteroatoms. The Bertz CT molecular complexity index is 678. The van der Waals surface area contributed by atoms with Gasteiger partial charge in [-0.05, 0) is 6.42 Å². The van der Waals surface area contributed by atoms with E-state index in [0.29, 0.717) is 12.2 Å². The lowest BCUT2D eigenvalue weighted by molar-refractivity contribution is 0.0949. The number of rotatable bonds is 8. The van der Waals surface area contributed by atoms with Gasteiger partial charge in [-0.15, -0.1) is 16.4 Å². The van der Waals surface area contributed by atoms with Crippen molar-refractivity contribution in [2.75, 3.05) is 39.3 Å². The fourth-order valence-electron chi connectivity index (χ4n) is 2.71. The smallest absolute Gasteiger partial charge is 0.273 e. The molecule has 0 aliphatic carbocycles. The molecule has 0 bridgehead atoms. The van der Waals surface area contributed by atoms with Crippen molar-refractivity contribution >= 4 is 17.2 Å². The summed E-state index contributed by atoms with van der Waals surface area (Å²) >= 11 is 1.67. The van der Waals surface area contributed by atoms with Crippen molar-refractivity contribution in [1.29, 1.82) is 0 Å². The second-order valence-electron chi connectivity index (χ2n) is 6.05. The van der Waals surface area contributed by atoms with Gasteiger partial charge in [-0.2, -0.15) is 0 Å². The van der Waals surface area contributed by atoms with E-state index in [2.05, 4.69) is 43.1 Å². The Labute approximate surface area is 151 Å². The highest BCUT2D eigenvalue weighted by molar-refractivity contribution is 7.09. The first kappa shape index (κ1) is 18.0. The third-order valence-electron chi connectivity index (χ3n) is 4.19. The number of hydrogen-bond donors (Lipinski definition) is 2. The molecule has 136 valence electrons. The maximum Gasteiger partial charge on any atom is 0.273 e. The minimum Gasteiger partial charge on any atom is -0.350 e. The highest BCUT2D eigenvalue weighted by Gasteiger charge is 2.13. The lowest BCUT2D eigenvalue weighted by Gasteiger charge is -2.26. The van der Waals surface area contributed by atoms with Crippen LogP contribution < -0.4 is 10.6 Å². The van der Waals surface area contributed by atoms with Crippen molar-refractivity contribution in [2.24, 2.45) is 0 Å². The third-order valence-corrected chi connectivity index (χ3v) is 5.24. The molecule has 2 aromatic rings. The molecule has 1 aliphatic heterocycles. The van der Waals surface area contributed by atoms with Crippen LogP contribution in [-0.4, -0.2) is 70.1 Å². The monoisotopic (exact) mass is 363 g/mol. The average Bonchev–Trinajstić information content (AvgIpc) is 3.30. The number of piperazine rings is 1. The number of carbonyl (C=O) groups excluding carboxylic acids is 1. The Morgan fingerprint density at radius 2 is 2.20 bits per heavy atom. The fourth-order valence-corrected chi connectivity index (χ4v) is 3.49. The normalized spacial score (nSPS) is 15.4. The molecule has 1 aliphatic rings. The van der Waals surface area contributed by atoms with Crippen LogP contribution in [0, 0.1) is 0 Å². The van der Waals surface area contributed by atoms with E-state index in [-0.39, 0.29) is 5.91 Å². The van der Waals surface area contributed by atoms with Crippen molar-refractivity contribution in [3.63, 3.8) is 0 Å². The summed E-state index contributed by atoms with van der Waals surface area (Å²) < 4.78 is 1.74. The number of nitrogens with zero attached hydrogens (tertiary/aromatic N) is 5. The van der Waals surface area contributed by atoms with Crippen molar-refractivity contribution < 1.29 is 4.79 Å². The van der Waals surface area contributed by atoms with E-state index in [4.69, 9.17) is 0 Å². The lowest BCUT2D eigenvalue weighted by atomic mass is 10.3. The van der Waals surface area contributed by atoms with Crippen LogP contribution >= 0.6 is 11.3 Å². The predicted octanol–water partition coefficient (Wildman–Crippen LogP) is 0.175. The summed E-state index contributed by atoms with van der Waals surface area (Å²) in [5, 5.41) is 17.4. The van der Waals surface area contributed by atoms with Gasteiger partial charge in [-0.1, -0.05) is 12.1 Å². The van der Waals surface area contributed by atoms with Gasteiger partial charge in [0.15, 0.2) is 5.69 Å². The molecule has 0 atom stereocenters. The molecule has 3 heterocycles. The number of hydrogen-bond acceptors (Lipinski definition) is 7. The Morgan fingerprint density at radius 3 is 2.96 bits per heavy atom. The molecule has 1 fully saturated rings. The van der Waals surface area contributed by atoms with Gasteiger partial charge in [0.25, 0.3) is 5.91 Å². The van der Waals surface area contributed by atoms with E-state index in [1.807, 2.05) is 0 Å². The van der Waals surface area contributed by atoms with Crippen molar-refractivity contribution in [2.45, 2.75) is 26.3 Å². The summed E-state index contributed by atoms with van der Waals surface area (Å²) in [6, 6.07) is 0. The van der Waals surface area contributed by atoms with E-state index in [9.17, 15) is 4.79 Å². The van der Waals surface area contributed by atoms with Gasteiger partial charge < -0.3 is 10.6 Å². The van der Waals surface area contributed by atoms with E-state index < -0.39 is 0 Å². The van der Waals surface area contributed by atoms with Crippen molar-refractivity contribution in [3.05, 3.63) is 28.0 Å². The Morgan fingerprint density at radius 1 is 1.36 bits per heavy atom. The molecule has 0 saturated carbocycles. The van der Waals surface area contributed by atoms with Crippen LogP contribution in [0.15, 0.2) is 11.6 Å². The van der Waals surface area contributed by atoms with Gasteiger partial charge in [0, 0.05) is 51.1 Å². The minimum absolute atomic E-state index is 0.181. The summed E-state index contributed by atoms with van der Waals surface area (Å²) in [4.78, 5) is 19.0. The SMILES string of the molecule is CCc1nc(CCNC(=O)c2cn(CCN3CCNCC3)nn2)cs1. The number of carbonyl (C=O) groups is 1. The van der Waals surface area contributed by atoms with Gasteiger partial charge >= 0.3 is 0 Å². The number of aromatic nitrogens is 4. The van der Waals surface area contributed by atoms with Crippen molar-refractivity contribution in [1.82, 2.24) is 35.5 Å². The molecule has 8 nitrogen and oxygen atoms in total. The quantitative estimate of drug-likeness (QED) is 0.695. The van der Waals surface area contributed by atoms with Gasteiger partial charge in [0.05, 0.1) is 23.4 Å². The maximum atomic E-state index is 12.2. The van der Waals surface area contributed by atoms with E-state index in [0.717, 1.165) is 62.8 Å². The van der Waals surface area contributed by atoms with Gasteiger partial charge in [0.1, 0.15) is 0 Å². The molecular weight excluding hydrogens is 338 g/mol. The van der Waals surface area contributed by atoms with Crippen LogP contribution in [0.2, 0.25) is 0 Å². The number of aryl methyl sites for hydroxylation is 1. The molecule has 25 heavy (non-hydrogen) atoms. The number of thiazole rings is 1. The van der Waals surface area contributed by atoms with Crippen LogP contribution in [-0.2, 0) is 19.4 Å². The second-order valence-corrected chi connectivity index (χ2v) is 6.99. The van der Waals surface area contributed by atoms with E-state index >= 15 is 0 Å². The van der Waals surface area contributed by atoms with Gasteiger partial charge in [-0.25, -0.2) is 4.98 Å². The maximum absolute atomic E-state index is 12.2. The first-order valence-corrected chi connectivity index (χ1v) is 9.67. The van der Waals surface area contributed by atoms with Gasteiger partial charge in [-0.3, -0.25) is 14.4 Å². The zero-order chi connectivity index (χ0) is 17.5. The molecule has 0 aromatic carbocycles. The molecular formula is C16H25N7OS. The van der Waals surface area contributed by atoms with E-state index in [1.165, 1.54) is 0 Å². The van der Waals surface area contributed by atoms with Crippen LogP contribution in [0.5, 0.6) is 0 Å². The fraction of sp³-hybridized carbons (Fsp3) is 0.625. The Balaban J connectivity index is 1.40. The van der Waals surface area contributed by atoms with Crippen LogP contribution in [0.3, 0.4) is 0 Å². The second kappa shape index (κ2) is 9.02. The number of amides is 1. The predicted molar refractivity (Wildman–Crippen MR) is 96.9 cm³/mol. The third kappa shape index (κ3) is 5.32. The standard InChI is InChI=1S/C16H25N7OS/c1-2-15-19-13(12-25-15)3-4-18-16(24)14-11-23(21-20-14)10-9-22-7-5-17-6-8-22/h11-12,17H,2-10H2,1H3,(H,18,24). The molecule has 1 amide bonds. The highest BCUT2D eigenvalue weighted by Crippen LogP contribution is 2.10. The Hall–Kier alpha value is -1.84. The minimum atomic E-state index is -0.181. The summed E-state index contributed by atoms with van der Waals surface area (Å²) in [6.07, 6.45) is 3.41. The lowest BCUT2D eigenvalue weighted by Crippen LogP contribution is -2.44. The molecule has 0 spiro atoms. The first-order valence-electron chi connectivity index (χ1n) is 8.79. The molecule has 0 unspecified atom stereocenters. The van der Waals surface area contributed by atoms with Crippen LogP contribution in [0.4, 0.5) is 0 Å². The molecule has 0 radical (unpaired) electrons. The summed E-state index contributed by atoms with van der Waals surface area (Å²) in [5.41, 5.74) is 1.40. The summed E-state index contributed by atoms with van der Waals surface area (Å²) in [5.74, 6) is -0.181. The zero-order valence-corrected chi connectivity index (χ0v) is 15.4. The number of nitrogens with one attached hydrogen (secondary N) is 2. The average molecular weight is 363 g/mol. The van der Waals surface area contributed by atoms with E-state index in [1.54, 1.807) is 22.2 Å². The summed E-state index contributed by atoms with van der Waals surface area (Å²) in [7, 11) is 0. The summed E-state index contributed by atoms with van der Waals surface area (Å²) in [6.45, 7) is 8.49. The first-order chi connectivity index (χ1) is 12.2. The van der Waals surface area contributed by atoms with Crippen LogP contribution in [0.1, 0.15) is 28.1 Å². The highest BCUT2D eigenvalue weighted by atomic mass is 32.1. The van der Waals surface area contributed by atoms with Gasteiger partial charge in [0.2, 0.25) is 0 Å². The zero-order valence-electron chi connectivity index (χ0n) is 14.6. The molecule has 2 N–H and O–H groups in total.